The number of pyridine rings is 1. The molecule has 1 aliphatic rings. The molecule has 0 aliphatic carbocycles. The Bertz CT molecular complexity index is 1210. The van der Waals surface area contributed by atoms with Crippen LogP contribution in [0.3, 0.4) is 0 Å². The lowest BCUT2D eigenvalue weighted by atomic mass is 9.90. The molecule has 5 nitrogen and oxygen atoms in total. The van der Waals surface area contributed by atoms with Crippen LogP contribution in [0.15, 0.2) is 73.1 Å². The molecule has 2 aromatic carbocycles. The maximum absolute atomic E-state index is 13.1. The summed E-state index contributed by atoms with van der Waals surface area (Å²) in [5.74, 6) is -0.0238. The van der Waals surface area contributed by atoms with E-state index in [4.69, 9.17) is 0 Å². The summed E-state index contributed by atoms with van der Waals surface area (Å²) >= 11 is 0. The number of piperazine rings is 1. The minimum Gasteiger partial charge on any atom is -0.369 e. The standard InChI is InChI=1S/C27H25F6N3O2/c28-26(29,30)25(38,27(31,32)33)23-7-5-22(6-8-23)21-3-1-19(2-4-21)17-24(37)36-15-13-35(14-16-36)18-20-9-11-34-12-10-20/h1-12,38H,13-18H2. The Morgan fingerprint density at radius 1 is 0.737 bits per heavy atom. The number of alkyl halides is 6. The van der Waals surface area contributed by atoms with Crippen LogP contribution in [0, 0.1) is 0 Å². The van der Waals surface area contributed by atoms with E-state index in [1.807, 2.05) is 12.1 Å². The summed E-state index contributed by atoms with van der Waals surface area (Å²) in [6, 6.07) is 14.0. The van der Waals surface area contributed by atoms with Crippen LogP contribution >= 0.6 is 0 Å². The number of hydrogen-bond acceptors (Lipinski definition) is 4. The van der Waals surface area contributed by atoms with E-state index in [1.54, 1.807) is 41.6 Å². The molecule has 11 heteroatoms. The second-order valence-corrected chi connectivity index (χ2v) is 9.17. The van der Waals surface area contributed by atoms with Crippen LogP contribution in [0.5, 0.6) is 0 Å². The highest BCUT2D eigenvalue weighted by molar-refractivity contribution is 5.79. The Morgan fingerprint density at radius 2 is 1.24 bits per heavy atom. The molecule has 0 atom stereocenters. The van der Waals surface area contributed by atoms with Crippen molar-refractivity contribution >= 4 is 5.91 Å². The van der Waals surface area contributed by atoms with Crippen molar-refractivity contribution in [3.8, 4) is 11.1 Å². The third-order valence-corrected chi connectivity index (χ3v) is 6.65. The smallest absolute Gasteiger partial charge is 0.369 e. The quantitative estimate of drug-likeness (QED) is 0.453. The van der Waals surface area contributed by atoms with Gasteiger partial charge >= 0.3 is 12.4 Å². The highest BCUT2D eigenvalue weighted by Gasteiger charge is 2.71. The van der Waals surface area contributed by atoms with Crippen molar-refractivity contribution in [2.75, 3.05) is 26.2 Å². The lowest BCUT2D eigenvalue weighted by molar-refractivity contribution is -0.376. The third kappa shape index (κ3) is 5.83. The van der Waals surface area contributed by atoms with Gasteiger partial charge in [-0.2, -0.15) is 26.3 Å². The molecular weight excluding hydrogens is 512 g/mol. The van der Waals surface area contributed by atoms with Gasteiger partial charge in [0.2, 0.25) is 5.91 Å². The van der Waals surface area contributed by atoms with Gasteiger partial charge < -0.3 is 10.0 Å². The fraction of sp³-hybridized carbons (Fsp3) is 0.333. The van der Waals surface area contributed by atoms with E-state index in [0.717, 1.165) is 42.9 Å². The van der Waals surface area contributed by atoms with E-state index >= 15 is 0 Å². The molecule has 0 bridgehead atoms. The predicted molar refractivity (Wildman–Crippen MR) is 128 cm³/mol. The lowest BCUT2D eigenvalue weighted by Gasteiger charge is -2.34. The normalized spacial score (nSPS) is 15.5. The van der Waals surface area contributed by atoms with E-state index in [-0.39, 0.29) is 12.3 Å². The minimum absolute atomic E-state index is 0.0238. The molecule has 3 aromatic rings. The van der Waals surface area contributed by atoms with Gasteiger partial charge in [0.25, 0.3) is 5.60 Å². The number of benzene rings is 2. The van der Waals surface area contributed by atoms with E-state index < -0.39 is 23.5 Å². The fourth-order valence-corrected chi connectivity index (χ4v) is 4.40. The first-order valence-electron chi connectivity index (χ1n) is 11.8. The van der Waals surface area contributed by atoms with Crippen molar-refractivity contribution in [3.63, 3.8) is 0 Å². The second kappa shape index (κ2) is 10.7. The van der Waals surface area contributed by atoms with Crippen molar-refractivity contribution in [2.24, 2.45) is 0 Å². The number of aromatic nitrogens is 1. The van der Waals surface area contributed by atoms with Crippen molar-refractivity contribution in [2.45, 2.75) is 30.9 Å². The van der Waals surface area contributed by atoms with Gasteiger partial charge in [0.15, 0.2) is 0 Å². The topological polar surface area (TPSA) is 56.7 Å². The Balaban J connectivity index is 1.35. The van der Waals surface area contributed by atoms with Crippen molar-refractivity contribution < 1.29 is 36.2 Å². The highest BCUT2D eigenvalue weighted by atomic mass is 19.4. The predicted octanol–water partition coefficient (Wildman–Crippen LogP) is 4.95. The first-order chi connectivity index (χ1) is 17.9. The Morgan fingerprint density at radius 3 is 1.74 bits per heavy atom. The van der Waals surface area contributed by atoms with Gasteiger partial charge in [-0.3, -0.25) is 14.7 Å². The first-order valence-corrected chi connectivity index (χ1v) is 11.8. The summed E-state index contributed by atoms with van der Waals surface area (Å²) in [5, 5.41) is 9.53. The van der Waals surface area contributed by atoms with Crippen molar-refractivity contribution in [1.29, 1.82) is 0 Å². The van der Waals surface area contributed by atoms with Crippen molar-refractivity contribution in [3.05, 3.63) is 89.7 Å². The van der Waals surface area contributed by atoms with Gasteiger partial charge in [-0.1, -0.05) is 48.5 Å². The number of carbonyl (C=O) groups excluding carboxylic acids is 1. The molecule has 1 fully saturated rings. The second-order valence-electron chi connectivity index (χ2n) is 9.17. The minimum atomic E-state index is -5.94. The summed E-state index contributed by atoms with van der Waals surface area (Å²) in [4.78, 5) is 20.9. The van der Waals surface area contributed by atoms with Gasteiger partial charge in [0, 0.05) is 50.7 Å². The maximum Gasteiger partial charge on any atom is 0.430 e. The van der Waals surface area contributed by atoms with Crippen LogP contribution in [0.1, 0.15) is 16.7 Å². The Kier molecular flexibility index (Phi) is 7.80. The lowest BCUT2D eigenvalue weighted by Crippen LogP contribution is -2.53. The number of halogens is 6. The number of aliphatic hydroxyl groups is 1. The molecule has 0 radical (unpaired) electrons. The van der Waals surface area contributed by atoms with Crippen LogP contribution in [0.2, 0.25) is 0 Å². The summed E-state index contributed by atoms with van der Waals surface area (Å²) in [7, 11) is 0. The zero-order chi connectivity index (χ0) is 27.6. The van der Waals surface area contributed by atoms with E-state index in [2.05, 4.69) is 9.88 Å². The van der Waals surface area contributed by atoms with Gasteiger partial charge in [0.1, 0.15) is 0 Å². The number of rotatable bonds is 6. The van der Waals surface area contributed by atoms with Gasteiger partial charge in [-0.25, -0.2) is 0 Å². The SMILES string of the molecule is O=C(Cc1ccc(-c2ccc(C(O)(C(F)(F)F)C(F)(F)F)cc2)cc1)N1CCN(Cc2ccncc2)CC1. The highest BCUT2D eigenvalue weighted by Crippen LogP contribution is 2.50. The zero-order valence-electron chi connectivity index (χ0n) is 20.1. The average Bonchev–Trinajstić information content (AvgIpc) is 2.88. The molecule has 0 unspecified atom stereocenters. The molecule has 1 aliphatic heterocycles. The molecule has 1 saturated heterocycles. The van der Waals surface area contributed by atoms with Gasteiger partial charge in [-0.05, 0) is 34.4 Å². The summed E-state index contributed by atoms with van der Waals surface area (Å²) in [6.45, 7) is 3.51. The van der Waals surface area contributed by atoms with E-state index in [0.29, 0.717) is 36.3 Å². The maximum atomic E-state index is 13.1. The summed E-state index contributed by atoms with van der Waals surface area (Å²) < 4.78 is 78.6. The van der Waals surface area contributed by atoms with E-state index in [9.17, 15) is 36.2 Å². The summed E-state index contributed by atoms with van der Waals surface area (Å²) in [6.07, 6.45) is -8.21. The van der Waals surface area contributed by atoms with Crippen LogP contribution < -0.4 is 0 Å². The van der Waals surface area contributed by atoms with Gasteiger partial charge in [0.05, 0.1) is 6.42 Å². The molecule has 202 valence electrons. The summed E-state index contributed by atoms with van der Waals surface area (Å²) in [5.41, 5.74) is -3.48. The molecule has 1 N–H and O–H groups in total. The zero-order valence-corrected chi connectivity index (χ0v) is 20.1. The molecule has 0 saturated carbocycles. The van der Waals surface area contributed by atoms with Crippen LogP contribution in [-0.2, 0) is 23.4 Å². The van der Waals surface area contributed by atoms with Gasteiger partial charge in [-0.15, -0.1) is 0 Å². The van der Waals surface area contributed by atoms with E-state index in [1.165, 1.54) is 0 Å². The fourth-order valence-electron chi connectivity index (χ4n) is 4.40. The first kappa shape index (κ1) is 27.6. The molecule has 1 amide bonds. The largest absolute Gasteiger partial charge is 0.430 e. The van der Waals surface area contributed by atoms with Crippen molar-refractivity contribution in [1.82, 2.24) is 14.8 Å². The van der Waals surface area contributed by atoms with Crippen LogP contribution in [0.25, 0.3) is 11.1 Å². The molecule has 4 rings (SSSR count). The molecule has 1 aromatic heterocycles. The molecule has 38 heavy (non-hydrogen) atoms. The number of amides is 1. The van der Waals surface area contributed by atoms with Crippen LogP contribution in [0.4, 0.5) is 26.3 Å². The molecule has 0 spiro atoms. The monoisotopic (exact) mass is 537 g/mol. The number of carbonyl (C=O) groups is 1. The number of hydrogen-bond donors (Lipinski definition) is 1. The average molecular weight is 538 g/mol. The Labute approximate surface area is 215 Å². The molecular formula is C27H25F6N3O2. The molecule has 2 heterocycles. The Hall–Kier alpha value is -3.44. The third-order valence-electron chi connectivity index (χ3n) is 6.65. The van der Waals surface area contributed by atoms with Crippen LogP contribution in [-0.4, -0.2) is 64.3 Å². The number of nitrogens with zero attached hydrogens (tertiary/aromatic N) is 3.